The number of carbonyl (C=O) groups is 2. The molecule has 3 aromatic rings. The lowest BCUT2D eigenvalue weighted by atomic mass is 10.2. The summed E-state index contributed by atoms with van der Waals surface area (Å²) in [6, 6.07) is 19.3. The van der Waals surface area contributed by atoms with Crippen LogP contribution in [0.2, 0.25) is 0 Å². The molecule has 0 N–H and O–H groups in total. The molecule has 1 aliphatic heterocycles. The van der Waals surface area contributed by atoms with E-state index in [0.717, 1.165) is 4.47 Å². The Bertz CT molecular complexity index is 1220. The maximum atomic E-state index is 13.8. The summed E-state index contributed by atoms with van der Waals surface area (Å²) in [5.74, 6) is -1.66. The van der Waals surface area contributed by atoms with Gasteiger partial charge in [-0.3, -0.25) is 0 Å². The monoisotopic (exact) mass is 465 g/mol. The Morgan fingerprint density at radius 1 is 1.03 bits per heavy atom. The Morgan fingerprint density at radius 3 is 2.60 bits per heavy atom. The lowest BCUT2D eigenvalue weighted by Crippen LogP contribution is -2.10. The van der Waals surface area contributed by atoms with Crippen molar-refractivity contribution in [1.82, 2.24) is 0 Å². The van der Waals surface area contributed by atoms with E-state index >= 15 is 0 Å². The van der Waals surface area contributed by atoms with Crippen molar-refractivity contribution < 1.29 is 23.5 Å². The number of hydrogen-bond acceptors (Lipinski definition) is 5. The number of esters is 2. The van der Waals surface area contributed by atoms with Crippen LogP contribution in [0.1, 0.15) is 21.5 Å². The van der Waals surface area contributed by atoms with Gasteiger partial charge in [0.05, 0.1) is 11.1 Å². The average molecular weight is 466 g/mol. The topological polar surface area (TPSA) is 65.0 Å². The van der Waals surface area contributed by atoms with E-state index in [1.165, 1.54) is 24.3 Å². The molecular formula is C23H13BrFNO4. The van der Waals surface area contributed by atoms with Crippen molar-refractivity contribution in [3.05, 3.63) is 105 Å². The standard InChI is InChI=1S/C23H13BrFNO4/c24-18-10-3-1-8-16(18)21-26-20(23(28)30-21)13-14-6-5-7-15(12-14)29-22(27)17-9-2-4-11-19(17)25/h1-13H/b20-13-. The van der Waals surface area contributed by atoms with Crippen LogP contribution in [-0.4, -0.2) is 17.8 Å². The number of aliphatic imine (C=N–C) groups is 1. The molecule has 3 aromatic carbocycles. The molecule has 0 fully saturated rings. The first kappa shape index (κ1) is 19.7. The van der Waals surface area contributed by atoms with Gasteiger partial charge in [0.2, 0.25) is 5.90 Å². The summed E-state index contributed by atoms with van der Waals surface area (Å²) in [6.45, 7) is 0. The Labute approximate surface area is 179 Å². The Hall–Kier alpha value is -3.58. The van der Waals surface area contributed by atoms with Gasteiger partial charge in [0.25, 0.3) is 0 Å². The molecule has 0 unspecified atom stereocenters. The highest BCUT2D eigenvalue weighted by atomic mass is 79.9. The molecular weight excluding hydrogens is 453 g/mol. The number of benzene rings is 3. The first-order valence-corrected chi connectivity index (χ1v) is 9.65. The van der Waals surface area contributed by atoms with Crippen LogP contribution in [0.4, 0.5) is 4.39 Å². The minimum atomic E-state index is -0.813. The highest BCUT2D eigenvalue weighted by Gasteiger charge is 2.25. The molecule has 0 spiro atoms. The maximum Gasteiger partial charge on any atom is 0.363 e. The van der Waals surface area contributed by atoms with Crippen molar-refractivity contribution in [3.63, 3.8) is 0 Å². The van der Waals surface area contributed by atoms with Gasteiger partial charge in [0, 0.05) is 4.47 Å². The summed E-state index contributed by atoms with van der Waals surface area (Å²) in [5, 5.41) is 0. The zero-order valence-electron chi connectivity index (χ0n) is 15.3. The van der Waals surface area contributed by atoms with Gasteiger partial charge in [-0.25, -0.2) is 19.0 Å². The molecule has 0 amide bonds. The number of carbonyl (C=O) groups excluding carboxylic acids is 2. The number of hydrogen-bond donors (Lipinski definition) is 0. The number of nitrogens with zero attached hydrogens (tertiary/aromatic N) is 1. The van der Waals surface area contributed by atoms with E-state index in [0.29, 0.717) is 11.1 Å². The van der Waals surface area contributed by atoms with Crippen molar-refractivity contribution in [2.24, 2.45) is 4.99 Å². The van der Waals surface area contributed by atoms with Gasteiger partial charge in [-0.1, -0.05) is 36.4 Å². The molecule has 0 saturated heterocycles. The first-order chi connectivity index (χ1) is 14.5. The highest BCUT2D eigenvalue weighted by Crippen LogP contribution is 2.25. The molecule has 7 heteroatoms. The third kappa shape index (κ3) is 4.21. The van der Waals surface area contributed by atoms with Crippen molar-refractivity contribution in [3.8, 4) is 5.75 Å². The van der Waals surface area contributed by atoms with Gasteiger partial charge in [0.15, 0.2) is 5.70 Å². The summed E-state index contributed by atoms with van der Waals surface area (Å²) >= 11 is 3.40. The fourth-order valence-corrected chi connectivity index (χ4v) is 3.23. The second-order valence-corrected chi connectivity index (χ2v) is 7.11. The van der Waals surface area contributed by atoms with Gasteiger partial charge in [-0.2, -0.15) is 0 Å². The molecule has 1 heterocycles. The van der Waals surface area contributed by atoms with Gasteiger partial charge in [-0.15, -0.1) is 0 Å². The van der Waals surface area contributed by atoms with Crippen LogP contribution >= 0.6 is 15.9 Å². The maximum absolute atomic E-state index is 13.8. The Balaban J connectivity index is 1.58. The number of ether oxygens (including phenoxy) is 2. The zero-order chi connectivity index (χ0) is 21.1. The summed E-state index contributed by atoms with van der Waals surface area (Å²) < 4.78 is 25.0. The van der Waals surface area contributed by atoms with E-state index < -0.39 is 17.8 Å². The summed E-state index contributed by atoms with van der Waals surface area (Å²) in [7, 11) is 0. The molecule has 0 atom stereocenters. The summed E-state index contributed by atoms with van der Waals surface area (Å²) in [5.41, 5.74) is 1.17. The van der Waals surface area contributed by atoms with Gasteiger partial charge < -0.3 is 9.47 Å². The second-order valence-electron chi connectivity index (χ2n) is 6.26. The predicted molar refractivity (Wildman–Crippen MR) is 113 cm³/mol. The van der Waals surface area contributed by atoms with Crippen LogP contribution in [0, 0.1) is 5.82 Å². The highest BCUT2D eigenvalue weighted by molar-refractivity contribution is 9.10. The van der Waals surface area contributed by atoms with E-state index in [4.69, 9.17) is 9.47 Å². The number of halogens is 2. The Morgan fingerprint density at radius 2 is 1.80 bits per heavy atom. The number of cyclic esters (lactones) is 1. The smallest absolute Gasteiger partial charge is 0.363 e. The first-order valence-electron chi connectivity index (χ1n) is 8.85. The van der Waals surface area contributed by atoms with Crippen LogP contribution in [0.3, 0.4) is 0 Å². The van der Waals surface area contributed by atoms with E-state index in [9.17, 15) is 14.0 Å². The largest absolute Gasteiger partial charge is 0.423 e. The fraction of sp³-hybridized carbons (Fsp3) is 0. The van der Waals surface area contributed by atoms with E-state index in [1.807, 2.05) is 18.2 Å². The molecule has 0 aromatic heterocycles. The van der Waals surface area contributed by atoms with Crippen molar-refractivity contribution in [1.29, 1.82) is 0 Å². The quantitative estimate of drug-likeness (QED) is 0.303. The molecule has 148 valence electrons. The van der Waals surface area contributed by atoms with E-state index in [2.05, 4.69) is 20.9 Å². The zero-order valence-corrected chi connectivity index (χ0v) is 16.9. The molecule has 0 radical (unpaired) electrons. The minimum absolute atomic E-state index is 0.110. The van der Waals surface area contributed by atoms with Gasteiger partial charge >= 0.3 is 11.9 Å². The lowest BCUT2D eigenvalue weighted by molar-refractivity contribution is -0.129. The molecule has 5 nitrogen and oxygen atoms in total. The fourth-order valence-electron chi connectivity index (χ4n) is 2.77. The minimum Gasteiger partial charge on any atom is -0.423 e. The van der Waals surface area contributed by atoms with Crippen molar-refractivity contribution >= 4 is 39.8 Å². The van der Waals surface area contributed by atoms with Crippen LogP contribution in [0.25, 0.3) is 6.08 Å². The third-order valence-electron chi connectivity index (χ3n) is 4.19. The van der Waals surface area contributed by atoms with Crippen LogP contribution in [-0.2, 0) is 9.53 Å². The molecule has 1 aliphatic rings. The van der Waals surface area contributed by atoms with Gasteiger partial charge in [0.1, 0.15) is 11.6 Å². The van der Waals surface area contributed by atoms with Crippen LogP contribution < -0.4 is 4.74 Å². The van der Waals surface area contributed by atoms with E-state index in [-0.39, 0.29) is 22.9 Å². The predicted octanol–water partition coefficient (Wildman–Crippen LogP) is 5.15. The third-order valence-corrected chi connectivity index (χ3v) is 4.88. The Kier molecular flexibility index (Phi) is 5.54. The molecule has 4 rings (SSSR count). The number of rotatable bonds is 4. The molecule has 0 aliphatic carbocycles. The molecule has 30 heavy (non-hydrogen) atoms. The second kappa shape index (κ2) is 8.42. The SMILES string of the molecule is O=C1OC(c2ccccc2Br)=N/C1=C\c1cccc(OC(=O)c2ccccc2F)c1. The average Bonchev–Trinajstić information content (AvgIpc) is 3.09. The van der Waals surface area contributed by atoms with Crippen LogP contribution in [0.15, 0.2) is 88.0 Å². The normalized spacial score (nSPS) is 14.4. The van der Waals surface area contributed by atoms with Crippen molar-refractivity contribution in [2.45, 2.75) is 0 Å². The lowest BCUT2D eigenvalue weighted by Gasteiger charge is -2.06. The molecule has 0 saturated carbocycles. The van der Waals surface area contributed by atoms with Crippen LogP contribution in [0.5, 0.6) is 5.75 Å². The van der Waals surface area contributed by atoms with Crippen molar-refractivity contribution in [2.75, 3.05) is 0 Å². The van der Waals surface area contributed by atoms with E-state index in [1.54, 1.807) is 36.4 Å². The molecule has 0 bridgehead atoms. The van der Waals surface area contributed by atoms with Gasteiger partial charge in [-0.05, 0) is 64.0 Å². The summed E-state index contributed by atoms with van der Waals surface area (Å²) in [4.78, 5) is 28.7. The summed E-state index contributed by atoms with van der Waals surface area (Å²) in [6.07, 6.45) is 1.52.